The van der Waals surface area contributed by atoms with E-state index in [-0.39, 0.29) is 0 Å². The predicted octanol–water partition coefficient (Wildman–Crippen LogP) is 3.54. The molecule has 0 fully saturated rings. The summed E-state index contributed by atoms with van der Waals surface area (Å²) in [6, 6.07) is 6.18. The van der Waals surface area contributed by atoms with E-state index in [4.69, 9.17) is 0 Å². The van der Waals surface area contributed by atoms with Gasteiger partial charge in [-0.3, -0.25) is 4.79 Å². The second-order valence-corrected chi connectivity index (χ2v) is 6.11. The average Bonchev–Trinajstić information content (AvgIpc) is 2.87. The van der Waals surface area contributed by atoms with Crippen LogP contribution in [-0.2, 0) is 11.2 Å². The predicted molar refractivity (Wildman–Crippen MR) is 75.7 cm³/mol. The standard InChI is InChI=1S/C15H15NO2S/c1-8-4-3-5-9(2)12(8)14-16-13-10(15(17)18)6-7-11(13)19-14/h3-5,10H,6-7H2,1-2H3,(H,17,18). The molecule has 3 nitrogen and oxygen atoms in total. The summed E-state index contributed by atoms with van der Waals surface area (Å²) in [7, 11) is 0. The lowest BCUT2D eigenvalue weighted by atomic mass is 10.0. The zero-order valence-corrected chi connectivity index (χ0v) is 11.8. The monoisotopic (exact) mass is 273 g/mol. The molecule has 98 valence electrons. The number of thiazole rings is 1. The van der Waals surface area contributed by atoms with Crippen LogP contribution in [0.25, 0.3) is 10.6 Å². The third-order valence-corrected chi connectivity index (χ3v) is 4.86. The molecule has 4 heteroatoms. The van der Waals surface area contributed by atoms with Crippen LogP contribution in [0.4, 0.5) is 0 Å². The van der Waals surface area contributed by atoms with Crippen LogP contribution >= 0.6 is 11.3 Å². The van der Waals surface area contributed by atoms with Crippen LogP contribution in [0, 0.1) is 13.8 Å². The molecule has 2 aromatic rings. The van der Waals surface area contributed by atoms with Gasteiger partial charge in [0.25, 0.3) is 0 Å². The van der Waals surface area contributed by atoms with Crippen molar-refractivity contribution in [3.8, 4) is 10.6 Å². The van der Waals surface area contributed by atoms with Gasteiger partial charge in [0.15, 0.2) is 0 Å². The summed E-state index contributed by atoms with van der Waals surface area (Å²) in [6.07, 6.45) is 1.53. The smallest absolute Gasteiger partial charge is 0.312 e. The van der Waals surface area contributed by atoms with Gasteiger partial charge in [-0.05, 0) is 37.8 Å². The van der Waals surface area contributed by atoms with Gasteiger partial charge in [0.2, 0.25) is 0 Å². The van der Waals surface area contributed by atoms with Crippen molar-refractivity contribution in [2.24, 2.45) is 0 Å². The first-order valence-corrected chi connectivity index (χ1v) is 7.18. The molecule has 19 heavy (non-hydrogen) atoms. The van der Waals surface area contributed by atoms with Crippen molar-refractivity contribution in [3.63, 3.8) is 0 Å². The number of carbonyl (C=O) groups is 1. The quantitative estimate of drug-likeness (QED) is 0.910. The van der Waals surface area contributed by atoms with Crippen molar-refractivity contribution >= 4 is 17.3 Å². The first-order chi connectivity index (χ1) is 9.08. The number of benzene rings is 1. The molecule has 1 N–H and O–H groups in total. The number of rotatable bonds is 2. The molecule has 3 rings (SSSR count). The summed E-state index contributed by atoms with van der Waals surface area (Å²) < 4.78 is 0. The molecular formula is C15H15NO2S. The van der Waals surface area contributed by atoms with Crippen LogP contribution in [0.3, 0.4) is 0 Å². The molecule has 0 radical (unpaired) electrons. The summed E-state index contributed by atoms with van der Waals surface area (Å²) in [5.74, 6) is -1.17. The van der Waals surface area contributed by atoms with Gasteiger partial charge in [0.05, 0.1) is 5.69 Å². The maximum Gasteiger partial charge on any atom is 0.312 e. The number of aryl methyl sites for hydroxylation is 3. The highest BCUT2D eigenvalue weighted by Crippen LogP contribution is 2.41. The fourth-order valence-corrected chi connectivity index (χ4v) is 4.04. The topological polar surface area (TPSA) is 50.2 Å². The Kier molecular flexibility index (Phi) is 2.90. The normalized spacial score (nSPS) is 17.5. The van der Waals surface area contributed by atoms with Crippen LogP contribution in [0.1, 0.15) is 34.0 Å². The number of aliphatic carboxylic acids is 1. The SMILES string of the molecule is Cc1cccc(C)c1-c1nc2c(s1)CCC2C(=O)O. The summed E-state index contributed by atoms with van der Waals surface area (Å²) in [5.41, 5.74) is 4.33. The number of hydrogen-bond donors (Lipinski definition) is 1. The van der Waals surface area contributed by atoms with E-state index in [0.717, 1.165) is 27.6 Å². The van der Waals surface area contributed by atoms with Gasteiger partial charge in [-0.25, -0.2) is 4.98 Å². The maximum atomic E-state index is 11.2. The Morgan fingerprint density at radius 3 is 2.68 bits per heavy atom. The van der Waals surface area contributed by atoms with Crippen molar-refractivity contribution in [2.45, 2.75) is 32.6 Å². The van der Waals surface area contributed by atoms with Crippen LogP contribution in [0.5, 0.6) is 0 Å². The Morgan fingerprint density at radius 2 is 2.05 bits per heavy atom. The highest BCUT2D eigenvalue weighted by molar-refractivity contribution is 7.15. The molecule has 1 aliphatic carbocycles. The Morgan fingerprint density at radius 1 is 1.37 bits per heavy atom. The lowest BCUT2D eigenvalue weighted by molar-refractivity contribution is -0.138. The van der Waals surface area contributed by atoms with Crippen molar-refractivity contribution in [1.29, 1.82) is 0 Å². The molecular weight excluding hydrogens is 258 g/mol. The molecule has 1 heterocycles. The minimum atomic E-state index is -0.753. The molecule has 0 saturated carbocycles. The van der Waals surface area contributed by atoms with Gasteiger partial charge >= 0.3 is 5.97 Å². The van der Waals surface area contributed by atoms with Crippen LogP contribution in [-0.4, -0.2) is 16.1 Å². The van der Waals surface area contributed by atoms with E-state index >= 15 is 0 Å². The van der Waals surface area contributed by atoms with E-state index in [1.807, 2.05) is 6.07 Å². The van der Waals surface area contributed by atoms with E-state index in [0.29, 0.717) is 6.42 Å². The largest absolute Gasteiger partial charge is 0.481 e. The Bertz CT molecular complexity index is 640. The molecule has 0 saturated heterocycles. The van der Waals surface area contributed by atoms with Crippen LogP contribution in [0.2, 0.25) is 0 Å². The fourth-order valence-electron chi connectivity index (χ4n) is 2.73. The molecule has 1 aromatic carbocycles. The Balaban J connectivity index is 2.10. The lowest BCUT2D eigenvalue weighted by Gasteiger charge is -2.07. The van der Waals surface area contributed by atoms with Crippen molar-refractivity contribution in [1.82, 2.24) is 4.98 Å². The van der Waals surface area contributed by atoms with Gasteiger partial charge in [0.1, 0.15) is 10.9 Å². The third kappa shape index (κ3) is 1.96. The first kappa shape index (κ1) is 12.4. The van der Waals surface area contributed by atoms with Gasteiger partial charge < -0.3 is 5.11 Å². The van der Waals surface area contributed by atoms with Crippen LogP contribution in [0.15, 0.2) is 18.2 Å². The second-order valence-electron chi connectivity index (χ2n) is 5.02. The summed E-state index contributed by atoms with van der Waals surface area (Å²) >= 11 is 1.65. The Labute approximate surface area is 115 Å². The van der Waals surface area contributed by atoms with E-state index in [1.165, 1.54) is 11.1 Å². The van der Waals surface area contributed by atoms with Gasteiger partial charge in [-0.1, -0.05) is 18.2 Å². The zero-order valence-electron chi connectivity index (χ0n) is 10.9. The Hall–Kier alpha value is -1.68. The van der Waals surface area contributed by atoms with Gasteiger partial charge in [0, 0.05) is 10.4 Å². The molecule has 1 unspecified atom stereocenters. The number of hydrogen-bond acceptors (Lipinski definition) is 3. The first-order valence-electron chi connectivity index (χ1n) is 6.37. The van der Waals surface area contributed by atoms with Gasteiger partial charge in [-0.2, -0.15) is 0 Å². The summed E-state index contributed by atoms with van der Waals surface area (Å²) in [6.45, 7) is 4.15. The van der Waals surface area contributed by atoms with Crippen molar-refractivity contribution in [3.05, 3.63) is 39.9 Å². The van der Waals surface area contributed by atoms with E-state index in [2.05, 4.69) is 31.0 Å². The lowest BCUT2D eigenvalue weighted by Crippen LogP contribution is -2.08. The second kappa shape index (κ2) is 4.46. The minimum Gasteiger partial charge on any atom is -0.481 e. The van der Waals surface area contributed by atoms with E-state index in [9.17, 15) is 9.90 Å². The molecule has 1 aliphatic rings. The number of fused-ring (bicyclic) bond motifs is 1. The van der Waals surface area contributed by atoms with E-state index in [1.54, 1.807) is 11.3 Å². The highest BCUT2D eigenvalue weighted by atomic mass is 32.1. The molecule has 0 aliphatic heterocycles. The molecule has 1 atom stereocenters. The average molecular weight is 273 g/mol. The third-order valence-electron chi connectivity index (χ3n) is 3.71. The van der Waals surface area contributed by atoms with E-state index < -0.39 is 11.9 Å². The molecule has 0 spiro atoms. The van der Waals surface area contributed by atoms with Crippen molar-refractivity contribution in [2.75, 3.05) is 0 Å². The molecule has 1 aromatic heterocycles. The summed E-state index contributed by atoms with van der Waals surface area (Å²) in [5, 5.41) is 10.2. The van der Waals surface area contributed by atoms with Crippen LogP contribution < -0.4 is 0 Å². The number of carboxylic acid groups (broad SMARTS) is 1. The van der Waals surface area contributed by atoms with Gasteiger partial charge in [-0.15, -0.1) is 11.3 Å². The minimum absolute atomic E-state index is 0.413. The number of carboxylic acids is 1. The summed E-state index contributed by atoms with van der Waals surface area (Å²) in [4.78, 5) is 17.0. The van der Waals surface area contributed by atoms with Crippen molar-refractivity contribution < 1.29 is 9.90 Å². The molecule has 0 amide bonds. The fraction of sp³-hybridized carbons (Fsp3) is 0.333. The molecule has 0 bridgehead atoms. The number of aromatic nitrogens is 1. The maximum absolute atomic E-state index is 11.2. The zero-order chi connectivity index (χ0) is 13.6. The highest BCUT2D eigenvalue weighted by Gasteiger charge is 2.32. The number of nitrogens with zero attached hydrogens (tertiary/aromatic N) is 1.